The van der Waals surface area contributed by atoms with Gasteiger partial charge in [-0.3, -0.25) is 4.79 Å². The Morgan fingerprint density at radius 2 is 2.25 bits per heavy atom. The zero-order valence-electron chi connectivity index (χ0n) is 11.9. The molecule has 1 atom stereocenters. The van der Waals surface area contributed by atoms with Gasteiger partial charge in [0.15, 0.2) is 6.10 Å². The molecule has 2 aliphatic rings. The number of para-hydroxylation sites is 2. The molecule has 1 aliphatic carbocycles. The first-order chi connectivity index (χ1) is 9.72. The minimum absolute atomic E-state index is 0.00520. The Kier molecular flexibility index (Phi) is 3.55. The average molecular weight is 274 g/mol. The molecule has 1 aliphatic heterocycles. The highest BCUT2D eigenvalue weighted by Gasteiger charge is 2.42. The summed E-state index contributed by atoms with van der Waals surface area (Å²) in [4.78, 5) is 12.2. The second-order valence-electron chi connectivity index (χ2n) is 5.95. The van der Waals surface area contributed by atoms with Gasteiger partial charge in [0.2, 0.25) is 0 Å². The molecule has 0 spiro atoms. The second-order valence-corrected chi connectivity index (χ2v) is 5.95. The molecule has 1 amide bonds. The fourth-order valence-corrected chi connectivity index (χ4v) is 2.87. The summed E-state index contributed by atoms with van der Waals surface area (Å²) in [7, 11) is 0. The smallest absolute Gasteiger partial charge is 0.262 e. The van der Waals surface area contributed by atoms with E-state index in [0.29, 0.717) is 12.0 Å². The molecule has 2 N–H and O–H groups in total. The molecule has 0 aromatic heterocycles. The Hall–Kier alpha value is -1.71. The lowest BCUT2D eigenvalue weighted by Crippen LogP contribution is -2.46. The maximum atomic E-state index is 12.2. The summed E-state index contributed by atoms with van der Waals surface area (Å²) in [6, 6.07) is 7.73. The van der Waals surface area contributed by atoms with Gasteiger partial charge in [0, 0.05) is 6.54 Å². The van der Waals surface area contributed by atoms with Gasteiger partial charge in [0.1, 0.15) is 5.75 Å². The first-order valence-electron chi connectivity index (χ1n) is 7.50. The van der Waals surface area contributed by atoms with Gasteiger partial charge in [-0.2, -0.15) is 0 Å². The molecule has 20 heavy (non-hydrogen) atoms. The van der Waals surface area contributed by atoms with Crippen LogP contribution < -0.4 is 15.4 Å². The van der Waals surface area contributed by atoms with Crippen LogP contribution in [0.2, 0.25) is 0 Å². The fourth-order valence-electron chi connectivity index (χ4n) is 2.87. The number of hydrogen-bond donors (Lipinski definition) is 2. The normalized spacial score (nSPS) is 22.1. The van der Waals surface area contributed by atoms with E-state index in [9.17, 15) is 4.79 Å². The molecule has 108 valence electrons. The molecule has 1 aromatic carbocycles. The summed E-state index contributed by atoms with van der Waals surface area (Å²) >= 11 is 0. The van der Waals surface area contributed by atoms with E-state index < -0.39 is 6.10 Å². The lowest BCUT2D eigenvalue weighted by molar-refractivity contribution is -0.127. The molecule has 1 unspecified atom stereocenters. The molecule has 4 heteroatoms. The minimum Gasteiger partial charge on any atom is -0.477 e. The average Bonchev–Trinajstić information content (AvgIpc) is 3.25. The van der Waals surface area contributed by atoms with Gasteiger partial charge in [0.25, 0.3) is 5.91 Å². The summed E-state index contributed by atoms with van der Waals surface area (Å²) in [5, 5.41) is 6.31. The molecule has 0 radical (unpaired) electrons. The predicted molar refractivity (Wildman–Crippen MR) is 78.9 cm³/mol. The lowest BCUT2D eigenvalue weighted by Gasteiger charge is -2.27. The van der Waals surface area contributed by atoms with E-state index in [4.69, 9.17) is 4.74 Å². The van der Waals surface area contributed by atoms with Gasteiger partial charge in [-0.15, -0.1) is 0 Å². The molecule has 1 fully saturated rings. The van der Waals surface area contributed by atoms with Crippen LogP contribution >= 0.6 is 0 Å². The van der Waals surface area contributed by atoms with Crippen molar-refractivity contribution in [2.75, 3.05) is 18.4 Å². The van der Waals surface area contributed by atoms with Crippen molar-refractivity contribution in [2.45, 2.75) is 38.7 Å². The maximum absolute atomic E-state index is 12.2. The zero-order chi connectivity index (χ0) is 14.0. The second kappa shape index (κ2) is 5.35. The first-order valence-corrected chi connectivity index (χ1v) is 7.50. The largest absolute Gasteiger partial charge is 0.477 e. The standard InChI is InChI=1S/C16H22N2O2/c1-2-7-16(8-9-16)11-18-15(19)14-10-17-12-5-3-4-6-13(12)20-14/h3-6,14,17H,2,7-11H2,1H3,(H,18,19). The molecule has 4 nitrogen and oxygen atoms in total. The molecule has 0 saturated heterocycles. The van der Waals surface area contributed by atoms with Crippen molar-refractivity contribution in [1.82, 2.24) is 5.32 Å². The lowest BCUT2D eigenvalue weighted by atomic mass is 10.0. The summed E-state index contributed by atoms with van der Waals surface area (Å²) in [6.45, 7) is 3.53. The number of fused-ring (bicyclic) bond motifs is 1. The third-order valence-corrected chi connectivity index (χ3v) is 4.30. The minimum atomic E-state index is -0.428. The predicted octanol–water partition coefficient (Wildman–Crippen LogP) is 2.56. The number of carbonyl (C=O) groups is 1. The van der Waals surface area contributed by atoms with Crippen molar-refractivity contribution in [1.29, 1.82) is 0 Å². The van der Waals surface area contributed by atoms with Gasteiger partial charge >= 0.3 is 0 Å². The molecule has 3 rings (SSSR count). The van der Waals surface area contributed by atoms with E-state index >= 15 is 0 Å². The van der Waals surface area contributed by atoms with E-state index in [-0.39, 0.29) is 5.91 Å². The van der Waals surface area contributed by atoms with Crippen LogP contribution in [-0.4, -0.2) is 25.1 Å². The Bertz CT molecular complexity index is 497. The Morgan fingerprint density at radius 1 is 1.45 bits per heavy atom. The number of anilines is 1. The maximum Gasteiger partial charge on any atom is 0.262 e. The van der Waals surface area contributed by atoms with E-state index in [0.717, 1.165) is 18.0 Å². The van der Waals surface area contributed by atoms with E-state index in [1.807, 2.05) is 24.3 Å². The summed E-state index contributed by atoms with van der Waals surface area (Å²) in [6.07, 6.45) is 4.45. The van der Waals surface area contributed by atoms with Crippen molar-refractivity contribution in [3.8, 4) is 5.75 Å². The number of ether oxygens (including phenoxy) is 1. The molecule has 1 saturated carbocycles. The molecular formula is C16H22N2O2. The topological polar surface area (TPSA) is 50.4 Å². The third kappa shape index (κ3) is 2.74. The zero-order valence-corrected chi connectivity index (χ0v) is 11.9. The number of nitrogens with one attached hydrogen (secondary N) is 2. The van der Waals surface area contributed by atoms with Crippen LogP contribution in [-0.2, 0) is 4.79 Å². The van der Waals surface area contributed by atoms with E-state index in [2.05, 4.69) is 17.6 Å². The van der Waals surface area contributed by atoms with Crippen molar-refractivity contribution < 1.29 is 9.53 Å². The highest BCUT2D eigenvalue weighted by atomic mass is 16.5. The van der Waals surface area contributed by atoms with Crippen molar-refractivity contribution in [3.05, 3.63) is 24.3 Å². The van der Waals surface area contributed by atoms with E-state index in [1.165, 1.54) is 25.7 Å². The quantitative estimate of drug-likeness (QED) is 0.867. The monoisotopic (exact) mass is 274 g/mol. The first kappa shape index (κ1) is 13.3. The number of rotatable bonds is 5. The highest BCUT2D eigenvalue weighted by molar-refractivity contribution is 5.83. The SMILES string of the molecule is CCCC1(CNC(=O)C2CNc3ccccc3O2)CC1. The molecular weight excluding hydrogens is 252 g/mol. The molecule has 1 heterocycles. The molecule has 0 bridgehead atoms. The Morgan fingerprint density at radius 3 is 3.00 bits per heavy atom. The Labute approximate surface area is 119 Å². The van der Waals surface area contributed by atoms with Crippen LogP contribution in [0.3, 0.4) is 0 Å². The molecule has 1 aromatic rings. The van der Waals surface area contributed by atoms with Crippen molar-refractivity contribution in [3.63, 3.8) is 0 Å². The summed E-state index contributed by atoms with van der Waals surface area (Å²) in [5.41, 5.74) is 1.34. The summed E-state index contributed by atoms with van der Waals surface area (Å²) < 4.78 is 5.76. The fraction of sp³-hybridized carbons (Fsp3) is 0.562. The third-order valence-electron chi connectivity index (χ3n) is 4.30. The number of hydrogen-bond acceptors (Lipinski definition) is 3. The van der Waals surface area contributed by atoms with Crippen LogP contribution in [0, 0.1) is 5.41 Å². The van der Waals surface area contributed by atoms with Gasteiger partial charge in [-0.05, 0) is 36.8 Å². The van der Waals surface area contributed by atoms with Gasteiger partial charge in [0.05, 0.1) is 12.2 Å². The van der Waals surface area contributed by atoms with Gasteiger partial charge in [-0.25, -0.2) is 0 Å². The van der Waals surface area contributed by atoms with Crippen LogP contribution in [0.25, 0.3) is 0 Å². The van der Waals surface area contributed by atoms with Gasteiger partial charge in [-0.1, -0.05) is 25.5 Å². The Balaban J connectivity index is 1.54. The number of carbonyl (C=O) groups excluding carboxylic acids is 1. The van der Waals surface area contributed by atoms with Crippen LogP contribution in [0.5, 0.6) is 5.75 Å². The number of amides is 1. The number of benzene rings is 1. The highest BCUT2D eigenvalue weighted by Crippen LogP contribution is 2.48. The summed E-state index contributed by atoms with van der Waals surface area (Å²) in [5.74, 6) is 0.753. The van der Waals surface area contributed by atoms with Gasteiger partial charge < -0.3 is 15.4 Å². The van der Waals surface area contributed by atoms with E-state index in [1.54, 1.807) is 0 Å². The van der Waals surface area contributed by atoms with Crippen LogP contribution in [0.1, 0.15) is 32.6 Å². The van der Waals surface area contributed by atoms with Crippen LogP contribution in [0.15, 0.2) is 24.3 Å². The van der Waals surface area contributed by atoms with Crippen molar-refractivity contribution in [2.24, 2.45) is 5.41 Å². The van der Waals surface area contributed by atoms with Crippen molar-refractivity contribution >= 4 is 11.6 Å². The van der Waals surface area contributed by atoms with Crippen LogP contribution in [0.4, 0.5) is 5.69 Å².